The normalized spacial score (nSPS) is 23.7. The lowest BCUT2D eigenvalue weighted by atomic mass is 9.79. The number of nitrogens with one attached hydrogen (secondary N) is 4. The fourth-order valence-electron chi connectivity index (χ4n) is 7.37. The summed E-state index contributed by atoms with van der Waals surface area (Å²) in [7, 11) is 0. The van der Waals surface area contributed by atoms with E-state index in [4.69, 9.17) is 27.9 Å². The molecule has 242 valence electrons. The molecule has 0 radical (unpaired) electrons. The number of ether oxygens (including phenoxy) is 1. The first-order chi connectivity index (χ1) is 19.5. The maximum Gasteiger partial charge on any atom is 0.231 e. The van der Waals surface area contributed by atoms with Crippen molar-refractivity contribution in [3.05, 3.63) is 10.6 Å². The maximum atomic E-state index is 5.66. The van der Waals surface area contributed by atoms with Crippen LogP contribution in [0.25, 0.3) is 0 Å². The van der Waals surface area contributed by atoms with Crippen molar-refractivity contribution in [3.63, 3.8) is 0 Å². The molecule has 0 atom stereocenters. The molecule has 42 heavy (non-hydrogen) atoms. The summed E-state index contributed by atoms with van der Waals surface area (Å²) in [6.07, 6.45) is 10.2. The summed E-state index contributed by atoms with van der Waals surface area (Å²) in [4.78, 5) is 13.6. The van der Waals surface area contributed by atoms with E-state index < -0.39 is 0 Å². The molecule has 3 aliphatic heterocycles. The van der Waals surface area contributed by atoms with Gasteiger partial charge in [0.25, 0.3) is 0 Å². The van der Waals surface area contributed by atoms with Crippen molar-refractivity contribution in [2.45, 2.75) is 141 Å². The standard InChI is InChI=1S/C24H50N4.C7H8Cl2N4O/c1-21(2)15-19(16-22(3,4)27-21)25-13-11-9-10-12-14-26-20-17-23(5,6)28-24(7,8)18-20;8-5-10-6(9)12-7(11-5)13-1-3-14-4-2-13/h19-20,25-28H,9-18H2,1-8H3;1-4H2. The van der Waals surface area contributed by atoms with E-state index >= 15 is 0 Å². The Bertz CT molecular complexity index is 872. The van der Waals surface area contributed by atoms with Gasteiger partial charge in [0.15, 0.2) is 0 Å². The quantitative estimate of drug-likeness (QED) is 0.255. The highest BCUT2D eigenvalue weighted by Gasteiger charge is 2.38. The topological polar surface area (TPSA) is 99.3 Å². The van der Waals surface area contributed by atoms with Crippen LogP contribution in [0.3, 0.4) is 0 Å². The summed E-state index contributed by atoms with van der Waals surface area (Å²) < 4.78 is 5.20. The Morgan fingerprint density at radius 3 is 1.43 bits per heavy atom. The minimum absolute atomic E-state index is 0.117. The van der Waals surface area contributed by atoms with E-state index in [1.807, 2.05) is 4.90 Å². The number of aromatic nitrogens is 3. The molecule has 9 nitrogen and oxygen atoms in total. The van der Waals surface area contributed by atoms with E-state index in [0.717, 1.165) is 13.1 Å². The summed E-state index contributed by atoms with van der Waals surface area (Å²) in [5.74, 6) is 0.512. The van der Waals surface area contributed by atoms with Crippen LogP contribution in [0, 0.1) is 0 Å². The molecule has 11 heteroatoms. The van der Waals surface area contributed by atoms with Gasteiger partial charge in [0.2, 0.25) is 16.5 Å². The van der Waals surface area contributed by atoms with Crippen molar-refractivity contribution >= 4 is 29.2 Å². The number of morpholine rings is 1. The summed E-state index contributed by atoms with van der Waals surface area (Å²) in [6.45, 7) is 23.8. The number of hydrogen-bond donors (Lipinski definition) is 4. The van der Waals surface area contributed by atoms with E-state index in [9.17, 15) is 0 Å². The minimum Gasteiger partial charge on any atom is -0.378 e. The Morgan fingerprint density at radius 2 is 1.05 bits per heavy atom. The van der Waals surface area contributed by atoms with Crippen LogP contribution in [0.15, 0.2) is 0 Å². The number of halogens is 2. The molecule has 0 unspecified atom stereocenters. The average Bonchev–Trinajstić information content (AvgIpc) is 2.82. The van der Waals surface area contributed by atoms with Gasteiger partial charge in [-0.15, -0.1) is 0 Å². The van der Waals surface area contributed by atoms with Crippen molar-refractivity contribution in [3.8, 4) is 0 Å². The fraction of sp³-hybridized carbons (Fsp3) is 0.903. The first kappa shape index (κ1) is 35.7. The van der Waals surface area contributed by atoms with E-state index in [-0.39, 0.29) is 32.7 Å². The zero-order chi connectivity index (χ0) is 31.0. The van der Waals surface area contributed by atoms with Crippen LogP contribution < -0.4 is 26.2 Å². The smallest absolute Gasteiger partial charge is 0.231 e. The lowest BCUT2D eigenvalue weighted by Gasteiger charge is -2.47. The third-order valence-corrected chi connectivity index (χ3v) is 8.55. The molecule has 3 saturated heterocycles. The van der Waals surface area contributed by atoms with Crippen LogP contribution in [0.1, 0.15) is 107 Å². The van der Waals surface area contributed by atoms with Gasteiger partial charge in [-0.1, -0.05) is 12.8 Å². The van der Waals surface area contributed by atoms with Crippen molar-refractivity contribution < 1.29 is 4.74 Å². The zero-order valence-corrected chi connectivity index (χ0v) is 29.0. The largest absolute Gasteiger partial charge is 0.378 e. The molecule has 1 aromatic heterocycles. The van der Waals surface area contributed by atoms with Gasteiger partial charge in [-0.2, -0.15) is 15.0 Å². The summed E-state index contributed by atoms with van der Waals surface area (Å²) >= 11 is 11.3. The number of nitrogens with zero attached hydrogens (tertiary/aromatic N) is 4. The second-order valence-corrected chi connectivity index (χ2v) is 15.8. The highest BCUT2D eigenvalue weighted by molar-refractivity contribution is 6.31. The molecule has 4 N–H and O–H groups in total. The maximum absolute atomic E-state index is 5.66. The van der Waals surface area contributed by atoms with Gasteiger partial charge in [0.05, 0.1) is 13.2 Å². The van der Waals surface area contributed by atoms with Crippen molar-refractivity contribution in [2.24, 2.45) is 0 Å². The molecular formula is C31H58Cl2N8O. The average molecular weight is 630 g/mol. The second kappa shape index (κ2) is 15.5. The summed E-state index contributed by atoms with van der Waals surface area (Å²) in [5, 5.41) is 15.4. The Kier molecular flexibility index (Phi) is 13.1. The molecule has 0 spiro atoms. The van der Waals surface area contributed by atoms with E-state index in [2.05, 4.69) is 91.6 Å². The summed E-state index contributed by atoms with van der Waals surface area (Å²) in [5.41, 5.74) is 0.956. The number of anilines is 1. The number of hydrogen-bond acceptors (Lipinski definition) is 9. The van der Waals surface area contributed by atoms with Crippen LogP contribution in [-0.2, 0) is 4.74 Å². The Labute approximate surface area is 265 Å². The highest BCUT2D eigenvalue weighted by atomic mass is 35.5. The molecule has 4 heterocycles. The van der Waals surface area contributed by atoms with Crippen LogP contribution in [-0.4, -0.2) is 88.6 Å². The number of unbranched alkanes of at least 4 members (excludes halogenated alkanes) is 3. The van der Waals surface area contributed by atoms with Crippen LogP contribution in [0.2, 0.25) is 10.6 Å². The zero-order valence-electron chi connectivity index (χ0n) is 27.5. The van der Waals surface area contributed by atoms with E-state index in [0.29, 0.717) is 31.2 Å². The molecule has 0 aromatic carbocycles. The van der Waals surface area contributed by atoms with E-state index in [1.165, 1.54) is 64.5 Å². The van der Waals surface area contributed by atoms with Gasteiger partial charge < -0.3 is 30.9 Å². The molecule has 3 aliphatic rings. The number of rotatable bonds is 10. The van der Waals surface area contributed by atoms with Gasteiger partial charge in [0, 0.05) is 47.3 Å². The van der Waals surface area contributed by atoms with Gasteiger partial charge in [-0.3, -0.25) is 0 Å². The monoisotopic (exact) mass is 628 g/mol. The molecule has 0 amide bonds. The summed E-state index contributed by atoms with van der Waals surface area (Å²) in [6, 6.07) is 1.30. The highest BCUT2D eigenvalue weighted by Crippen LogP contribution is 2.29. The fourth-order valence-corrected chi connectivity index (χ4v) is 7.72. The van der Waals surface area contributed by atoms with Gasteiger partial charge in [-0.05, 0) is 130 Å². The molecule has 3 fully saturated rings. The molecule has 1 aromatic rings. The molecule has 4 rings (SSSR count). The number of piperidine rings is 2. The van der Waals surface area contributed by atoms with Crippen molar-refractivity contribution in [1.29, 1.82) is 0 Å². The van der Waals surface area contributed by atoms with Gasteiger partial charge in [-0.25, -0.2) is 0 Å². The lowest BCUT2D eigenvalue weighted by molar-refractivity contribution is 0.122. The first-order valence-electron chi connectivity index (χ1n) is 16.0. The SMILES string of the molecule is CC1(C)CC(NCCCCCCNC2CC(C)(C)NC(C)(C)C2)CC(C)(C)N1.Clc1nc(Cl)nc(N2CCOCC2)n1. The second-order valence-electron chi connectivity index (χ2n) is 15.1. The third-order valence-electron chi connectivity index (χ3n) is 8.21. The van der Waals surface area contributed by atoms with Crippen LogP contribution >= 0.6 is 23.2 Å². The van der Waals surface area contributed by atoms with Crippen molar-refractivity contribution in [1.82, 2.24) is 36.2 Å². The van der Waals surface area contributed by atoms with Gasteiger partial charge in [0.1, 0.15) is 0 Å². The Hall–Kier alpha value is -0.810. The molecular weight excluding hydrogens is 571 g/mol. The van der Waals surface area contributed by atoms with Gasteiger partial charge >= 0.3 is 0 Å². The Morgan fingerprint density at radius 1 is 0.667 bits per heavy atom. The lowest BCUT2D eigenvalue weighted by Crippen LogP contribution is -2.61. The first-order valence-corrected chi connectivity index (χ1v) is 16.7. The molecule has 0 aliphatic carbocycles. The Balaban J connectivity index is 0.000000287. The van der Waals surface area contributed by atoms with E-state index in [1.54, 1.807) is 0 Å². The third kappa shape index (κ3) is 13.0. The molecule has 0 bridgehead atoms. The predicted octanol–water partition coefficient (Wildman–Crippen LogP) is 5.36. The minimum atomic E-state index is 0.117. The molecule has 0 saturated carbocycles. The van der Waals surface area contributed by atoms with Crippen molar-refractivity contribution in [2.75, 3.05) is 44.3 Å². The van der Waals surface area contributed by atoms with Crippen LogP contribution in [0.4, 0.5) is 5.95 Å². The predicted molar refractivity (Wildman–Crippen MR) is 176 cm³/mol. The van der Waals surface area contributed by atoms with Crippen LogP contribution in [0.5, 0.6) is 0 Å².